The lowest BCUT2D eigenvalue weighted by atomic mass is 10.2. The largest absolute Gasteiger partial charge is 0.373 e. The average Bonchev–Trinajstić information content (AvgIpc) is 2.88. The van der Waals surface area contributed by atoms with Crippen LogP contribution in [0.2, 0.25) is 0 Å². The first-order valence-corrected chi connectivity index (χ1v) is 7.99. The number of rotatable bonds is 5. The van der Waals surface area contributed by atoms with E-state index in [1.165, 1.54) is 10.6 Å². The molecular formula is C14H15BrClNS. The van der Waals surface area contributed by atoms with Crippen LogP contribution in [-0.4, -0.2) is 13.6 Å². The normalized spacial score (nSPS) is 10.6. The zero-order valence-corrected chi connectivity index (χ0v) is 13.4. The van der Waals surface area contributed by atoms with E-state index in [0.717, 1.165) is 23.0 Å². The van der Waals surface area contributed by atoms with Crippen LogP contribution in [0.3, 0.4) is 0 Å². The van der Waals surface area contributed by atoms with E-state index in [-0.39, 0.29) is 0 Å². The number of nitrogens with zero attached hydrogens (tertiary/aromatic N) is 1. The first-order valence-electron chi connectivity index (χ1n) is 5.78. The molecule has 1 heterocycles. The molecule has 1 aromatic heterocycles. The number of hydrogen-bond acceptors (Lipinski definition) is 2. The van der Waals surface area contributed by atoms with Gasteiger partial charge >= 0.3 is 0 Å². The summed E-state index contributed by atoms with van der Waals surface area (Å²) < 4.78 is 1.11. The minimum absolute atomic E-state index is 0.553. The summed E-state index contributed by atoms with van der Waals surface area (Å²) >= 11 is 11.3. The molecule has 96 valence electrons. The third kappa shape index (κ3) is 3.50. The molecule has 0 aliphatic carbocycles. The van der Waals surface area contributed by atoms with Gasteiger partial charge in [-0.15, -0.1) is 22.9 Å². The van der Waals surface area contributed by atoms with Crippen LogP contribution in [0.1, 0.15) is 10.4 Å². The topological polar surface area (TPSA) is 3.24 Å². The minimum atomic E-state index is 0.553. The van der Waals surface area contributed by atoms with E-state index in [0.29, 0.717) is 5.88 Å². The molecule has 0 aliphatic heterocycles. The highest BCUT2D eigenvalue weighted by molar-refractivity contribution is 9.10. The molecule has 0 fully saturated rings. The molecule has 0 spiro atoms. The van der Waals surface area contributed by atoms with Crippen molar-refractivity contribution in [2.45, 2.75) is 12.3 Å². The predicted octanol–water partition coefficient (Wildman–Crippen LogP) is 4.93. The third-order valence-electron chi connectivity index (χ3n) is 2.85. The van der Waals surface area contributed by atoms with Crippen LogP contribution in [0.4, 0.5) is 5.69 Å². The number of alkyl halides is 1. The van der Waals surface area contributed by atoms with Gasteiger partial charge in [0.05, 0.1) is 5.69 Å². The lowest BCUT2D eigenvalue weighted by Gasteiger charge is -2.20. The maximum Gasteiger partial charge on any atom is 0.0508 e. The van der Waals surface area contributed by atoms with Crippen molar-refractivity contribution in [3.05, 3.63) is 50.6 Å². The molecule has 4 heteroatoms. The zero-order chi connectivity index (χ0) is 13.0. The second kappa shape index (κ2) is 6.60. The van der Waals surface area contributed by atoms with Crippen molar-refractivity contribution in [2.24, 2.45) is 0 Å². The molecule has 0 amide bonds. The molecule has 0 saturated carbocycles. The Morgan fingerprint density at radius 1 is 1.33 bits per heavy atom. The monoisotopic (exact) mass is 343 g/mol. The Kier molecular flexibility index (Phi) is 5.10. The summed E-state index contributed by atoms with van der Waals surface area (Å²) in [4.78, 5) is 3.69. The number of halogens is 2. The van der Waals surface area contributed by atoms with E-state index < -0.39 is 0 Å². The number of anilines is 1. The smallest absolute Gasteiger partial charge is 0.0508 e. The van der Waals surface area contributed by atoms with Crippen LogP contribution in [0, 0.1) is 0 Å². The van der Waals surface area contributed by atoms with Gasteiger partial charge in [0.15, 0.2) is 0 Å². The maximum atomic E-state index is 5.83. The quantitative estimate of drug-likeness (QED) is 0.695. The summed E-state index contributed by atoms with van der Waals surface area (Å²) in [6.45, 7) is 1.01. The average molecular weight is 345 g/mol. The van der Waals surface area contributed by atoms with Crippen molar-refractivity contribution in [1.82, 2.24) is 0 Å². The molecule has 1 aromatic carbocycles. The Morgan fingerprint density at radius 2 is 2.17 bits per heavy atom. The van der Waals surface area contributed by atoms with Crippen molar-refractivity contribution < 1.29 is 0 Å². The molecule has 0 bridgehead atoms. The molecule has 18 heavy (non-hydrogen) atoms. The standard InChI is InChI=1S/C14H15BrClNS/c1-17(7-6-12-3-2-8-18-12)14-5-4-11(10-16)9-13(14)15/h2-5,8-9H,6-7,10H2,1H3. The van der Waals surface area contributed by atoms with Crippen molar-refractivity contribution in [1.29, 1.82) is 0 Å². The van der Waals surface area contributed by atoms with Gasteiger partial charge < -0.3 is 4.90 Å². The molecule has 0 N–H and O–H groups in total. The van der Waals surface area contributed by atoms with E-state index in [1.54, 1.807) is 0 Å². The van der Waals surface area contributed by atoms with E-state index >= 15 is 0 Å². The summed E-state index contributed by atoms with van der Waals surface area (Å²) in [5.41, 5.74) is 2.35. The Labute approximate surface area is 126 Å². The summed E-state index contributed by atoms with van der Waals surface area (Å²) in [7, 11) is 2.12. The summed E-state index contributed by atoms with van der Waals surface area (Å²) in [5, 5.41) is 2.13. The third-order valence-corrected chi connectivity index (χ3v) is 4.73. The Hall–Kier alpha value is -0.510. The number of thiophene rings is 1. The predicted molar refractivity (Wildman–Crippen MR) is 85.0 cm³/mol. The summed E-state index contributed by atoms with van der Waals surface area (Å²) in [6, 6.07) is 10.6. The van der Waals surface area contributed by atoms with Gasteiger partial charge in [-0.2, -0.15) is 0 Å². The Bertz CT molecular complexity index is 499. The number of likely N-dealkylation sites (N-methyl/N-ethyl adjacent to an activating group) is 1. The molecule has 0 unspecified atom stereocenters. The van der Waals surface area contributed by atoms with E-state index in [1.807, 2.05) is 11.3 Å². The first-order chi connectivity index (χ1) is 8.70. The SMILES string of the molecule is CN(CCc1cccs1)c1ccc(CCl)cc1Br. The molecule has 2 aromatic rings. The molecule has 0 radical (unpaired) electrons. The highest BCUT2D eigenvalue weighted by Crippen LogP contribution is 2.27. The van der Waals surface area contributed by atoms with Crippen molar-refractivity contribution in [2.75, 3.05) is 18.5 Å². The van der Waals surface area contributed by atoms with Crippen LogP contribution < -0.4 is 4.90 Å². The zero-order valence-electron chi connectivity index (χ0n) is 10.2. The second-order valence-corrected chi connectivity index (χ2v) is 6.32. The van der Waals surface area contributed by atoms with E-state index in [2.05, 4.69) is 63.6 Å². The van der Waals surface area contributed by atoms with Crippen LogP contribution in [0.15, 0.2) is 40.2 Å². The lowest BCUT2D eigenvalue weighted by Crippen LogP contribution is -2.20. The van der Waals surface area contributed by atoms with Gasteiger partial charge in [0.1, 0.15) is 0 Å². The molecule has 1 nitrogen and oxygen atoms in total. The van der Waals surface area contributed by atoms with Crippen molar-refractivity contribution in [3.8, 4) is 0 Å². The first kappa shape index (κ1) is 13.9. The number of benzene rings is 1. The molecule has 0 saturated heterocycles. The van der Waals surface area contributed by atoms with Crippen LogP contribution >= 0.6 is 38.9 Å². The molecule has 0 atom stereocenters. The van der Waals surface area contributed by atoms with Gasteiger partial charge in [0.25, 0.3) is 0 Å². The molecule has 0 aliphatic rings. The molecular weight excluding hydrogens is 330 g/mol. The fraction of sp³-hybridized carbons (Fsp3) is 0.286. The van der Waals surface area contributed by atoms with Gasteiger partial charge in [-0.25, -0.2) is 0 Å². The fourth-order valence-corrected chi connectivity index (χ4v) is 3.39. The van der Waals surface area contributed by atoms with Gasteiger partial charge in [0, 0.05) is 28.8 Å². The van der Waals surface area contributed by atoms with Gasteiger partial charge in [-0.3, -0.25) is 0 Å². The highest BCUT2D eigenvalue weighted by atomic mass is 79.9. The van der Waals surface area contributed by atoms with Crippen LogP contribution in [0.25, 0.3) is 0 Å². The maximum absolute atomic E-state index is 5.83. The second-order valence-electron chi connectivity index (χ2n) is 4.17. The van der Waals surface area contributed by atoms with Gasteiger partial charge in [-0.1, -0.05) is 12.1 Å². The van der Waals surface area contributed by atoms with Crippen molar-refractivity contribution >= 4 is 44.6 Å². The van der Waals surface area contributed by atoms with Gasteiger partial charge in [0.2, 0.25) is 0 Å². The number of hydrogen-bond donors (Lipinski definition) is 0. The van der Waals surface area contributed by atoms with E-state index in [4.69, 9.17) is 11.6 Å². The van der Waals surface area contributed by atoms with E-state index in [9.17, 15) is 0 Å². The Morgan fingerprint density at radius 3 is 2.78 bits per heavy atom. The lowest BCUT2D eigenvalue weighted by molar-refractivity contribution is 0.885. The van der Waals surface area contributed by atoms with Crippen LogP contribution in [-0.2, 0) is 12.3 Å². The fourth-order valence-electron chi connectivity index (χ4n) is 1.80. The Balaban J connectivity index is 2.02. The van der Waals surface area contributed by atoms with Gasteiger partial charge in [-0.05, 0) is 51.5 Å². The summed E-state index contributed by atoms with van der Waals surface area (Å²) in [6.07, 6.45) is 1.08. The molecule has 2 rings (SSSR count). The summed E-state index contributed by atoms with van der Waals surface area (Å²) in [5.74, 6) is 0.553. The van der Waals surface area contributed by atoms with Crippen molar-refractivity contribution in [3.63, 3.8) is 0 Å². The minimum Gasteiger partial charge on any atom is -0.373 e. The highest BCUT2D eigenvalue weighted by Gasteiger charge is 2.07. The van der Waals surface area contributed by atoms with Crippen LogP contribution in [0.5, 0.6) is 0 Å².